The third kappa shape index (κ3) is 3.72. The zero-order chi connectivity index (χ0) is 33.2. The van der Waals surface area contributed by atoms with Crippen LogP contribution in [0.25, 0.3) is 120 Å². The Morgan fingerprint density at radius 2 is 0.706 bits per heavy atom. The lowest BCUT2D eigenvalue weighted by Crippen LogP contribution is -1.90. The van der Waals surface area contributed by atoms with Crippen LogP contribution >= 0.6 is 0 Å². The van der Waals surface area contributed by atoms with E-state index in [9.17, 15) is 0 Å². The van der Waals surface area contributed by atoms with Crippen molar-refractivity contribution in [2.45, 2.75) is 0 Å². The Labute approximate surface area is 290 Å². The van der Waals surface area contributed by atoms with Crippen LogP contribution in [0.15, 0.2) is 171 Å². The lowest BCUT2D eigenvalue weighted by Gasteiger charge is -2.17. The van der Waals surface area contributed by atoms with Gasteiger partial charge in [-0.15, -0.1) is 0 Å². The number of rotatable bonds is 2. The van der Waals surface area contributed by atoms with Crippen molar-refractivity contribution < 1.29 is 13.3 Å². The van der Waals surface area contributed by atoms with Gasteiger partial charge in [-0.25, -0.2) is 0 Å². The van der Waals surface area contributed by atoms with Gasteiger partial charge in [0, 0.05) is 32.3 Å². The SMILES string of the molecule is c1ccc2c(c1)oc1cc(-c3c4ccccc4c(-c4ccc5c(c4)oc4ccc6cc7c(cc6c45)oc4ccccc47)c4ccccc34)ccc12. The maximum atomic E-state index is 6.64. The minimum absolute atomic E-state index is 0.868. The second-order valence-corrected chi connectivity index (χ2v) is 13.6. The maximum absolute atomic E-state index is 6.64. The molecular formula is C48H26O3. The lowest BCUT2D eigenvalue weighted by atomic mass is 9.85. The van der Waals surface area contributed by atoms with E-state index in [4.69, 9.17) is 13.3 Å². The van der Waals surface area contributed by atoms with Gasteiger partial charge in [-0.1, -0.05) is 103 Å². The van der Waals surface area contributed by atoms with Gasteiger partial charge in [-0.05, 0) is 109 Å². The summed E-state index contributed by atoms with van der Waals surface area (Å²) in [4.78, 5) is 0. The van der Waals surface area contributed by atoms with Crippen molar-refractivity contribution in [3.8, 4) is 22.3 Å². The van der Waals surface area contributed by atoms with E-state index in [1.807, 2.05) is 24.3 Å². The molecule has 3 heteroatoms. The summed E-state index contributed by atoms with van der Waals surface area (Å²) < 4.78 is 19.3. The number of furan rings is 3. The monoisotopic (exact) mass is 650 g/mol. The summed E-state index contributed by atoms with van der Waals surface area (Å²) in [6.45, 7) is 0. The molecular weight excluding hydrogens is 625 g/mol. The number of hydrogen-bond donors (Lipinski definition) is 0. The smallest absolute Gasteiger partial charge is 0.136 e. The highest BCUT2D eigenvalue weighted by Crippen LogP contribution is 2.46. The van der Waals surface area contributed by atoms with Crippen LogP contribution in [0.4, 0.5) is 0 Å². The Morgan fingerprint density at radius 3 is 1.31 bits per heavy atom. The molecule has 0 unspecified atom stereocenters. The van der Waals surface area contributed by atoms with Gasteiger partial charge in [0.2, 0.25) is 0 Å². The van der Waals surface area contributed by atoms with Crippen LogP contribution in [-0.2, 0) is 0 Å². The van der Waals surface area contributed by atoms with E-state index in [0.29, 0.717) is 0 Å². The Balaban J connectivity index is 1.09. The molecule has 3 heterocycles. The van der Waals surface area contributed by atoms with E-state index in [-0.39, 0.29) is 0 Å². The fourth-order valence-corrected chi connectivity index (χ4v) is 8.61. The molecule has 12 aromatic rings. The van der Waals surface area contributed by atoms with Crippen molar-refractivity contribution in [2.24, 2.45) is 0 Å². The summed E-state index contributed by atoms with van der Waals surface area (Å²) in [5.74, 6) is 0. The number of fused-ring (bicyclic) bond motifs is 13. The normalized spacial score (nSPS) is 12.3. The lowest BCUT2D eigenvalue weighted by molar-refractivity contribution is 0.668. The largest absolute Gasteiger partial charge is 0.456 e. The Kier molecular flexibility index (Phi) is 5.23. The zero-order valence-electron chi connectivity index (χ0n) is 27.2. The first kappa shape index (κ1) is 27.0. The molecule has 0 aliphatic heterocycles. The molecule has 0 aliphatic rings. The fraction of sp³-hybridized carbons (Fsp3) is 0. The van der Waals surface area contributed by atoms with Crippen LogP contribution < -0.4 is 0 Å². The van der Waals surface area contributed by atoms with E-state index in [0.717, 1.165) is 82.3 Å². The third-order valence-corrected chi connectivity index (χ3v) is 10.8. The summed E-state index contributed by atoms with van der Waals surface area (Å²) in [5, 5.41) is 13.8. The van der Waals surface area contributed by atoms with E-state index < -0.39 is 0 Å². The molecule has 0 spiro atoms. The molecule has 0 saturated carbocycles. The Morgan fingerprint density at radius 1 is 0.255 bits per heavy atom. The second-order valence-electron chi connectivity index (χ2n) is 13.6. The van der Waals surface area contributed by atoms with Crippen LogP contribution in [0.3, 0.4) is 0 Å². The standard InChI is InChI=1S/C48H26O3/c1-3-13-35-33(11-1)46(28-17-20-32-30-9-5-7-15-40(30)49-43(32)24-28)34-12-2-4-14-36(34)47(35)29-18-21-37-44(25-29)51-42-22-19-27-23-39-31-10-6-8-16-41(31)50-45(39)26-38(27)48(37)42/h1-26H. The number of hydrogen-bond acceptors (Lipinski definition) is 3. The van der Waals surface area contributed by atoms with Crippen LogP contribution in [0.2, 0.25) is 0 Å². The molecule has 0 fully saturated rings. The zero-order valence-corrected chi connectivity index (χ0v) is 27.2. The van der Waals surface area contributed by atoms with Crippen LogP contribution in [0.5, 0.6) is 0 Å². The van der Waals surface area contributed by atoms with Gasteiger partial charge in [0.1, 0.15) is 33.5 Å². The van der Waals surface area contributed by atoms with Crippen LogP contribution in [-0.4, -0.2) is 0 Å². The molecule has 0 aliphatic carbocycles. The highest BCUT2D eigenvalue weighted by atomic mass is 16.3. The summed E-state index contributed by atoms with van der Waals surface area (Å²) in [6.07, 6.45) is 0. The third-order valence-electron chi connectivity index (χ3n) is 10.8. The summed E-state index contributed by atoms with van der Waals surface area (Å²) in [5.41, 5.74) is 10.0. The van der Waals surface area contributed by atoms with Crippen molar-refractivity contribution in [3.05, 3.63) is 158 Å². The molecule has 12 rings (SSSR count). The summed E-state index contributed by atoms with van der Waals surface area (Å²) >= 11 is 0. The van der Waals surface area contributed by atoms with Crippen molar-refractivity contribution >= 4 is 98.1 Å². The first-order chi connectivity index (χ1) is 25.3. The Bertz CT molecular complexity index is 3370. The predicted molar refractivity (Wildman–Crippen MR) is 212 cm³/mol. The molecule has 3 nitrogen and oxygen atoms in total. The molecule has 0 radical (unpaired) electrons. The Hall–Kier alpha value is -6.84. The van der Waals surface area contributed by atoms with Gasteiger partial charge >= 0.3 is 0 Å². The highest BCUT2D eigenvalue weighted by molar-refractivity contribution is 6.25. The maximum Gasteiger partial charge on any atom is 0.136 e. The minimum Gasteiger partial charge on any atom is -0.456 e. The first-order valence-electron chi connectivity index (χ1n) is 17.3. The number of para-hydroxylation sites is 2. The molecule has 0 atom stereocenters. The van der Waals surface area contributed by atoms with E-state index in [2.05, 4.69) is 133 Å². The molecule has 3 aromatic heterocycles. The van der Waals surface area contributed by atoms with Gasteiger partial charge in [-0.2, -0.15) is 0 Å². The quantitative estimate of drug-likeness (QED) is 0.175. The van der Waals surface area contributed by atoms with Gasteiger partial charge in [0.05, 0.1) is 0 Å². The van der Waals surface area contributed by atoms with Crippen molar-refractivity contribution in [1.82, 2.24) is 0 Å². The van der Waals surface area contributed by atoms with Crippen LogP contribution in [0.1, 0.15) is 0 Å². The second kappa shape index (κ2) is 9.87. The average Bonchev–Trinajstić information content (AvgIpc) is 3.86. The van der Waals surface area contributed by atoms with Crippen molar-refractivity contribution in [1.29, 1.82) is 0 Å². The predicted octanol–water partition coefficient (Wildman–Crippen LogP) is 14.2. The van der Waals surface area contributed by atoms with Gasteiger partial charge in [-0.3, -0.25) is 0 Å². The van der Waals surface area contributed by atoms with Crippen molar-refractivity contribution in [2.75, 3.05) is 0 Å². The van der Waals surface area contributed by atoms with E-state index >= 15 is 0 Å². The van der Waals surface area contributed by atoms with Crippen molar-refractivity contribution in [3.63, 3.8) is 0 Å². The van der Waals surface area contributed by atoms with E-state index in [1.165, 1.54) is 38.1 Å². The molecule has 0 amide bonds. The molecule has 51 heavy (non-hydrogen) atoms. The van der Waals surface area contributed by atoms with Gasteiger partial charge < -0.3 is 13.3 Å². The molecule has 0 N–H and O–H groups in total. The van der Waals surface area contributed by atoms with Gasteiger partial charge in [0.15, 0.2) is 0 Å². The van der Waals surface area contributed by atoms with Crippen LogP contribution in [0, 0.1) is 0 Å². The topological polar surface area (TPSA) is 39.4 Å². The van der Waals surface area contributed by atoms with E-state index in [1.54, 1.807) is 0 Å². The number of benzene rings is 9. The molecule has 9 aromatic carbocycles. The highest BCUT2D eigenvalue weighted by Gasteiger charge is 2.20. The average molecular weight is 651 g/mol. The first-order valence-corrected chi connectivity index (χ1v) is 17.3. The molecule has 0 saturated heterocycles. The minimum atomic E-state index is 0.868. The molecule has 236 valence electrons. The molecule has 0 bridgehead atoms. The summed E-state index contributed by atoms with van der Waals surface area (Å²) in [7, 11) is 0. The fourth-order valence-electron chi connectivity index (χ4n) is 8.61. The van der Waals surface area contributed by atoms with Gasteiger partial charge in [0.25, 0.3) is 0 Å². The summed E-state index contributed by atoms with van der Waals surface area (Å²) in [6, 6.07) is 56.0.